The number of carbonyl (C=O) groups is 2. The van der Waals surface area contributed by atoms with Gasteiger partial charge in [0.15, 0.2) is 0 Å². The Bertz CT molecular complexity index is 321. The average Bonchev–Trinajstić information content (AvgIpc) is 2.45. The Labute approximate surface area is 102 Å². The molecule has 1 aliphatic carbocycles. The van der Waals surface area contributed by atoms with Gasteiger partial charge in [0.25, 0.3) is 0 Å². The Morgan fingerprint density at radius 3 is 2.47 bits per heavy atom. The summed E-state index contributed by atoms with van der Waals surface area (Å²) in [5.74, 6) is -0.865. The smallest absolute Gasteiger partial charge is 0.407 e. The molecule has 1 rings (SSSR count). The third-order valence-electron chi connectivity index (χ3n) is 3.14. The second-order valence-corrected chi connectivity index (χ2v) is 5.81. The van der Waals surface area contributed by atoms with Crippen molar-refractivity contribution in [1.29, 1.82) is 0 Å². The van der Waals surface area contributed by atoms with Crippen LogP contribution < -0.4 is 5.32 Å². The molecule has 1 amide bonds. The Balaban J connectivity index is 2.63. The summed E-state index contributed by atoms with van der Waals surface area (Å²) in [6.45, 7) is 7.00. The van der Waals surface area contributed by atoms with Crippen molar-refractivity contribution >= 4 is 12.1 Å². The van der Waals surface area contributed by atoms with Gasteiger partial charge in [-0.15, -0.1) is 0 Å². The zero-order valence-electron chi connectivity index (χ0n) is 10.9. The molecule has 0 heterocycles. The minimum atomic E-state index is -0.878. The molecule has 0 spiro atoms. The fraction of sp³-hybridized carbons (Fsp3) is 0.833. The number of carboxylic acids is 1. The number of carboxylic acid groups (broad SMARTS) is 1. The first-order chi connectivity index (χ1) is 7.65. The SMILES string of the molecule is CC(C)(C)OC(=O)N[C@H]1CCC[C@@]1(C)C(=O)O. The second-order valence-electron chi connectivity index (χ2n) is 5.81. The lowest BCUT2D eigenvalue weighted by molar-refractivity contribution is -0.148. The van der Waals surface area contributed by atoms with Crippen molar-refractivity contribution in [2.75, 3.05) is 0 Å². The molecular formula is C12H21NO4. The van der Waals surface area contributed by atoms with Gasteiger partial charge in [0.1, 0.15) is 5.60 Å². The molecule has 0 radical (unpaired) electrons. The molecule has 2 N–H and O–H groups in total. The number of amides is 1. The number of hydrogen-bond acceptors (Lipinski definition) is 3. The average molecular weight is 243 g/mol. The molecular weight excluding hydrogens is 222 g/mol. The van der Waals surface area contributed by atoms with Gasteiger partial charge in [-0.3, -0.25) is 4.79 Å². The number of carbonyl (C=O) groups excluding carboxylic acids is 1. The summed E-state index contributed by atoms with van der Waals surface area (Å²) in [5.41, 5.74) is -1.45. The van der Waals surface area contributed by atoms with E-state index in [1.807, 2.05) is 0 Å². The molecule has 5 nitrogen and oxygen atoms in total. The highest BCUT2D eigenvalue weighted by molar-refractivity contribution is 5.77. The Kier molecular flexibility index (Phi) is 3.69. The van der Waals surface area contributed by atoms with Crippen molar-refractivity contribution < 1.29 is 19.4 Å². The lowest BCUT2D eigenvalue weighted by Crippen LogP contribution is -2.48. The van der Waals surface area contributed by atoms with E-state index in [2.05, 4.69) is 5.32 Å². The van der Waals surface area contributed by atoms with Crippen LogP contribution >= 0.6 is 0 Å². The summed E-state index contributed by atoms with van der Waals surface area (Å²) in [6, 6.07) is -0.352. The molecule has 1 aliphatic rings. The molecule has 0 aliphatic heterocycles. The Morgan fingerprint density at radius 2 is 2.00 bits per heavy atom. The van der Waals surface area contributed by atoms with Crippen LogP contribution in [0.4, 0.5) is 4.79 Å². The molecule has 0 bridgehead atoms. The van der Waals surface area contributed by atoms with Gasteiger partial charge >= 0.3 is 12.1 Å². The summed E-state index contributed by atoms with van der Waals surface area (Å²) in [6.07, 6.45) is 1.53. The van der Waals surface area contributed by atoms with Crippen molar-refractivity contribution in [2.45, 2.75) is 58.6 Å². The van der Waals surface area contributed by atoms with E-state index in [0.29, 0.717) is 12.8 Å². The standard InChI is InChI=1S/C12H21NO4/c1-11(2,3)17-10(16)13-8-6-5-7-12(8,4)9(14)15/h8H,5-7H2,1-4H3,(H,13,16)(H,14,15)/t8-,12+/m0/s1. The zero-order chi connectivity index (χ0) is 13.3. The highest BCUT2D eigenvalue weighted by Gasteiger charge is 2.46. The van der Waals surface area contributed by atoms with Gasteiger partial charge in [-0.25, -0.2) is 4.79 Å². The van der Waals surface area contributed by atoms with Gasteiger partial charge in [-0.1, -0.05) is 6.42 Å². The molecule has 0 unspecified atom stereocenters. The molecule has 1 fully saturated rings. The maximum absolute atomic E-state index is 11.6. The fourth-order valence-corrected chi connectivity index (χ4v) is 2.10. The van der Waals surface area contributed by atoms with E-state index >= 15 is 0 Å². The van der Waals surface area contributed by atoms with Crippen molar-refractivity contribution in [3.05, 3.63) is 0 Å². The van der Waals surface area contributed by atoms with Crippen LogP contribution in [0.15, 0.2) is 0 Å². The third kappa shape index (κ3) is 3.35. The van der Waals surface area contributed by atoms with Crippen molar-refractivity contribution in [3.63, 3.8) is 0 Å². The number of ether oxygens (including phenoxy) is 1. The number of alkyl carbamates (subject to hydrolysis) is 1. The first-order valence-electron chi connectivity index (χ1n) is 5.88. The summed E-state index contributed by atoms with van der Waals surface area (Å²) >= 11 is 0. The highest BCUT2D eigenvalue weighted by atomic mass is 16.6. The van der Waals surface area contributed by atoms with E-state index in [0.717, 1.165) is 6.42 Å². The maximum atomic E-state index is 11.6. The first kappa shape index (κ1) is 13.8. The Morgan fingerprint density at radius 1 is 1.41 bits per heavy atom. The molecule has 5 heteroatoms. The lowest BCUT2D eigenvalue weighted by Gasteiger charge is -2.29. The quantitative estimate of drug-likeness (QED) is 0.779. The second kappa shape index (κ2) is 4.55. The number of hydrogen-bond donors (Lipinski definition) is 2. The molecule has 0 aromatic rings. The zero-order valence-corrected chi connectivity index (χ0v) is 10.9. The van der Waals surface area contributed by atoms with E-state index in [9.17, 15) is 14.7 Å². The van der Waals surface area contributed by atoms with Gasteiger partial charge in [-0.2, -0.15) is 0 Å². The van der Waals surface area contributed by atoms with E-state index in [-0.39, 0.29) is 6.04 Å². The third-order valence-corrected chi connectivity index (χ3v) is 3.14. The van der Waals surface area contributed by atoms with Crippen LogP contribution in [0.25, 0.3) is 0 Å². The van der Waals surface area contributed by atoms with Crippen molar-refractivity contribution in [1.82, 2.24) is 5.32 Å². The monoisotopic (exact) mass is 243 g/mol. The van der Waals surface area contributed by atoms with Crippen LogP contribution in [0.1, 0.15) is 47.0 Å². The van der Waals surface area contributed by atoms with E-state index in [4.69, 9.17) is 4.74 Å². The molecule has 0 aromatic heterocycles. The predicted molar refractivity (Wildman–Crippen MR) is 62.8 cm³/mol. The van der Waals surface area contributed by atoms with Crippen molar-refractivity contribution in [3.8, 4) is 0 Å². The van der Waals surface area contributed by atoms with E-state index < -0.39 is 23.1 Å². The lowest BCUT2D eigenvalue weighted by atomic mass is 9.85. The summed E-state index contributed by atoms with van der Waals surface area (Å²) in [4.78, 5) is 22.8. The molecule has 98 valence electrons. The normalized spacial score (nSPS) is 28.8. The summed E-state index contributed by atoms with van der Waals surface area (Å²) in [7, 11) is 0. The van der Waals surface area contributed by atoms with Gasteiger partial charge in [0, 0.05) is 6.04 Å². The topological polar surface area (TPSA) is 75.6 Å². The van der Waals surface area contributed by atoms with Gasteiger partial charge in [0.05, 0.1) is 5.41 Å². The van der Waals surface area contributed by atoms with E-state index in [1.165, 1.54) is 0 Å². The number of aliphatic carboxylic acids is 1. The summed E-state index contributed by atoms with van der Waals surface area (Å²) < 4.78 is 5.13. The summed E-state index contributed by atoms with van der Waals surface area (Å²) in [5, 5.41) is 11.9. The fourth-order valence-electron chi connectivity index (χ4n) is 2.10. The van der Waals surface area contributed by atoms with Gasteiger partial charge in [0.2, 0.25) is 0 Å². The molecule has 0 saturated heterocycles. The van der Waals surface area contributed by atoms with Crippen LogP contribution in [0.5, 0.6) is 0 Å². The highest BCUT2D eigenvalue weighted by Crippen LogP contribution is 2.38. The number of rotatable bonds is 2. The Hall–Kier alpha value is -1.26. The predicted octanol–water partition coefficient (Wildman–Crippen LogP) is 2.15. The minimum absolute atomic E-state index is 0.352. The molecule has 1 saturated carbocycles. The van der Waals surface area contributed by atoms with Gasteiger partial charge < -0.3 is 15.2 Å². The van der Waals surface area contributed by atoms with Crippen LogP contribution in [-0.4, -0.2) is 28.8 Å². The minimum Gasteiger partial charge on any atom is -0.481 e. The van der Waals surface area contributed by atoms with Crippen LogP contribution in [0, 0.1) is 5.41 Å². The maximum Gasteiger partial charge on any atom is 0.407 e. The van der Waals surface area contributed by atoms with Crippen LogP contribution in [0.3, 0.4) is 0 Å². The number of nitrogens with one attached hydrogen (secondary N) is 1. The molecule has 0 aromatic carbocycles. The molecule has 2 atom stereocenters. The largest absolute Gasteiger partial charge is 0.481 e. The first-order valence-corrected chi connectivity index (χ1v) is 5.88. The van der Waals surface area contributed by atoms with E-state index in [1.54, 1.807) is 27.7 Å². The van der Waals surface area contributed by atoms with Crippen LogP contribution in [-0.2, 0) is 9.53 Å². The van der Waals surface area contributed by atoms with Crippen molar-refractivity contribution in [2.24, 2.45) is 5.41 Å². The van der Waals surface area contributed by atoms with Crippen LogP contribution in [0.2, 0.25) is 0 Å². The molecule has 17 heavy (non-hydrogen) atoms. The van der Waals surface area contributed by atoms with Gasteiger partial charge in [-0.05, 0) is 40.5 Å².